The van der Waals surface area contributed by atoms with Crippen molar-refractivity contribution in [3.8, 4) is 0 Å². The number of hydrogen-bond donors (Lipinski definition) is 0. The van der Waals surface area contributed by atoms with Gasteiger partial charge in [-0.1, -0.05) is 35.7 Å². The lowest BCUT2D eigenvalue weighted by Crippen LogP contribution is -3.00. The molecule has 0 atom stereocenters. The lowest BCUT2D eigenvalue weighted by molar-refractivity contribution is -0.887. The average Bonchev–Trinajstić information content (AvgIpc) is 1.98. The third-order valence-electron chi connectivity index (χ3n) is 2.31. The van der Waals surface area contributed by atoms with E-state index in [1.54, 1.807) is 0 Å². The quantitative estimate of drug-likeness (QED) is 0.353. The van der Waals surface area contributed by atoms with E-state index in [4.69, 9.17) is 0 Å². The molecule has 3 heteroatoms. The first-order valence-corrected chi connectivity index (χ1v) is 6.12. The van der Waals surface area contributed by atoms with Crippen LogP contribution in [0.3, 0.4) is 0 Å². The highest BCUT2D eigenvalue weighted by molar-refractivity contribution is 9.09. The molecule has 0 amide bonds. The molecule has 0 aliphatic carbocycles. The van der Waals surface area contributed by atoms with E-state index in [0.29, 0.717) is 0 Å². The van der Waals surface area contributed by atoms with Gasteiger partial charge in [0.25, 0.3) is 0 Å². The maximum Gasteiger partial charge on any atom is 0.0880 e. The van der Waals surface area contributed by atoms with Gasteiger partial charge in [-0.25, -0.2) is 0 Å². The number of rotatable bonds is 7. The minimum absolute atomic E-state index is 0. The van der Waals surface area contributed by atoms with Gasteiger partial charge in [0.2, 0.25) is 0 Å². The van der Waals surface area contributed by atoms with Crippen molar-refractivity contribution in [2.75, 3.05) is 32.5 Å². The molecule has 0 aromatic rings. The van der Waals surface area contributed by atoms with Crippen LogP contribution in [0.2, 0.25) is 0 Å². The van der Waals surface area contributed by atoms with Crippen molar-refractivity contribution >= 4 is 15.9 Å². The molecule has 0 rings (SSSR count). The van der Waals surface area contributed by atoms with Crippen LogP contribution in [-0.2, 0) is 0 Å². The molecule has 0 aliphatic heterocycles. The fourth-order valence-electron chi connectivity index (χ4n) is 1.31. The van der Waals surface area contributed by atoms with Crippen LogP contribution in [-0.4, -0.2) is 37.0 Å². The second-order valence-corrected chi connectivity index (χ2v) is 4.93. The highest BCUT2D eigenvalue weighted by Gasteiger charge is 2.12. The van der Waals surface area contributed by atoms with Gasteiger partial charge in [0.05, 0.1) is 32.5 Å². The average molecular weight is 317 g/mol. The molecule has 0 saturated heterocycles. The Morgan fingerprint density at radius 3 is 2.08 bits per heavy atom. The minimum Gasteiger partial charge on any atom is -1.00 e. The highest BCUT2D eigenvalue weighted by atomic mass is 79.9. The molecule has 1 nitrogen and oxygen atoms in total. The summed E-state index contributed by atoms with van der Waals surface area (Å²) in [5.74, 6) is 0. The number of quaternary nitrogens is 1. The SMILES string of the molecule is CCCCCC[N+](C)(C)CCBr.[Br-]. The summed E-state index contributed by atoms with van der Waals surface area (Å²) >= 11 is 3.49. The second-order valence-electron chi connectivity index (χ2n) is 4.13. The van der Waals surface area contributed by atoms with Crippen LogP contribution in [0.5, 0.6) is 0 Å². The minimum atomic E-state index is 0. The van der Waals surface area contributed by atoms with E-state index >= 15 is 0 Å². The second kappa shape index (κ2) is 9.47. The topological polar surface area (TPSA) is 0 Å². The van der Waals surface area contributed by atoms with E-state index in [2.05, 4.69) is 36.9 Å². The Morgan fingerprint density at radius 1 is 1.00 bits per heavy atom. The van der Waals surface area contributed by atoms with Gasteiger partial charge in [-0.3, -0.25) is 0 Å². The molecule has 0 bridgehead atoms. The van der Waals surface area contributed by atoms with Crippen molar-refractivity contribution < 1.29 is 21.5 Å². The van der Waals surface area contributed by atoms with E-state index in [9.17, 15) is 0 Å². The zero-order valence-corrected chi connectivity index (χ0v) is 12.3. The first kappa shape index (κ1) is 16.4. The number of nitrogens with zero attached hydrogens (tertiary/aromatic N) is 1. The van der Waals surface area contributed by atoms with Crippen LogP contribution in [0, 0.1) is 0 Å². The third kappa shape index (κ3) is 10.8. The summed E-state index contributed by atoms with van der Waals surface area (Å²) in [6, 6.07) is 0. The first-order chi connectivity index (χ1) is 5.62. The predicted molar refractivity (Wildman–Crippen MR) is 59.8 cm³/mol. The molecule has 0 fully saturated rings. The number of halogens is 2. The van der Waals surface area contributed by atoms with E-state index < -0.39 is 0 Å². The zero-order chi connectivity index (χ0) is 9.45. The van der Waals surface area contributed by atoms with Crippen molar-refractivity contribution in [2.24, 2.45) is 0 Å². The van der Waals surface area contributed by atoms with Gasteiger partial charge in [0.1, 0.15) is 0 Å². The molecular formula is C10H23Br2N. The summed E-state index contributed by atoms with van der Waals surface area (Å²) in [5.41, 5.74) is 0. The van der Waals surface area contributed by atoms with Gasteiger partial charge < -0.3 is 21.5 Å². The standard InChI is InChI=1S/C10H23BrN.BrH/c1-4-5-6-7-9-12(2,3)10-8-11;/h4-10H2,1-3H3;1H/q+1;/p-1. The van der Waals surface area contributed by atoms with Crippen molar-refractivity contribution in [2.45, 2.75) is 32.6 Å². The molecule has 0 spiro atoms. The van der Waals surface area contributed by atoms with Crippen LogP contribution < -0.4 is 17.0 Å². The summed E-state index contributed by atoms with van der Waals surface area (Å²) in [6.45, 7) is 4.83. The molecule has 0 aromatic heterocycles. The fourth-order valence-corrected chi connectivity index (χ4v) is 2.27. The number of alkyl halides is 1. The molecule has 0 aromatic carbocycles. The molecule has 0 unspecified atom stereocenters. The van der Waals surface area contributed by atoms with Gasteiger partial charge >= 0.3 is 0 Å². The Balaban J connectivity index is 0. The van der Waals surface area contributed by atoms with Crippen molar-refractivity contribution in [3.63, 3.8) is 0 Å². The van der Waals surface area contributed by atoms with E-state index in [-0.39, 0.29) is 17.0 Å². The Bertz CT molecular complexity index is 105. The van der Waals surface area contributed by atoms with Gasteiger partial charge in [0, 0.05) is 0 Å². The smallest absolute Gasteiger partial charge is 0.0880 e. The number of hydrogen-bond acceptors (Lipinski definition) is 0. The maximum atomic E-state index is 3.49. The normalized spacial score (nSPS) is 11.1. The Labute approximate surface area is 102 Å². The monoisotopic (exact) mass is 315 g/mol. The van der Waals surface area contributed by atoms with Crippen molar-refractivity contribution in [3.05, 3.63) is 0 Å². The molecule has 0 radical (unpaired) electrons. The Kier molecular flexibility index (Phi) is 11.9. The maximum absolute atomic E-state index is 3.49. The Morgan fingerprint density at radius 2 is 1.62 bits per heavy atom. The molecular weight excluding hydrogens is 294 g/mol. The first-order valence-electron chi connectivity index (χ1n) is 5.00. The molecule has 0 saturated carbocycles. The van der Waals surface area contributed by atoms with E-state index in [1.165, 1.54) is 38.8 Å². The van der Waals surface area contributed by atoms with Crippen LogP contribution in [0.1, 0.15) is 32.6 Å². The van der Waals surface area contributed by atoms with Crippen LogP contribution in [0.15, 0.2) is 0 Å². The van der Waals surface area contributed by atoms with E-state index in [0.717, 1.165) is 9.81 Å². The van der Waals surface area contributed by atoms with Crippen molar-refractivity contribution in [1.82, 2.24) is 0 Å². The zero-order valence-electron chi connectivity index (χ0n) is 9.15. The summed E-state index contributed by atoms with van der Waals surface area (Å²) in [4.78, 5) is 0. The summed E-state index contributed by atoms with van der Waals surface area (Å²) in [6.07, 6.45) is 5.52. The molecule has 0 heterocycles. The molecule has 0 aliphatic rings. The van der Waals surface area contributed by atoms with Crippen LogP contribution in [0.4, 0.5) is 0 Å². The Hall–Kier alpha value is 0.920. The van der Waals surface area contributed by atoms with Gasteiger partial charge in [0.15, 0.2) is 0 Å². The van der Waals surface area contributed by atoms with Crippen molar-refractivity contribution in [1.29, 1.82) is 0 Å². The number of unbranched alkanes of at least 4 members (excludes halogenated alkanes) is 3. The third-order valence-corrected chi connectivity index (χ3v) is 2.66. The van der Waals surface area contributed by atoms with Crippen LogP contribution in [0.25, 0.3) is 0 Å². The van der Waals surface area contributed by atoms with Crippen LogP contribution >= 0.6 is 15.9 Å². The molecule has 82 valence electrons. The predicted octanol–water partition coefficient (Wildman–Crippen LogP) is 0.0420. The van der Waals surface area contributed by atoms with E-state index in [1.807, 2.05) is 0 Å². The van der Waals surface area contributed by atoms with Gasteiger partial charge in [-0.15, -0.1) is 0 Å². The van der Waals surface area contributed by atoms with Gasteiger partial charge in [-0.05, 0) is 12.8 Å². The molecule has 13 heavy (non-hydrogen) atoms. The largest absolute Gasteiger partial charge is 1.00 e. The fraction of sp³-hybridized carbons (Fsp3) is 1.00. The molecule has 0 N–H and O–H groups in total. The lowest BCUT2D eigenvalue weighted by atomic mass is 10.2. The van der Waals surface area contributed by atoms with Gasteiger partial charge in [-0.2, -0.15) is 0 Å². The lowest BCUT2D eigenvalue weighted by Gasteiger charge is -2.28. The summed E-state index contributed by atoms with van der Waals surface area (Å²) in [5, 5.41) is 1.12. The summed E-state index contributed by atoms with van der Waals surface area (Å²) in [7, 11) is 4.63. The highest BCUT2D eigenvalue weighted by Crippen LogP contribution is 2.05. The summed E-state index contributed by atoms with van der Waals surface area (Å²) < 4.78 is 1.16.